The van der Waals surface area contributed by atoms with Gasteiger partial charge in [0.1, 0.15) is 18.0 Å². The molecule has 62 heavy (non-hydrogen) atoms. The highest BCUT2D eigenvalue weighted by atomic mass is 19.1. The third-order valence-corrected chi connectivity index (χ3v) is 13.1. The van der Waals surface area contributed by atoms with Crippen LogP contribution in [0.5, 0.6) is 11.5 Å². The molecule has 1 amide bonds. The molecule has 4 aliphatic rings. The molecule has 0 radical (unpaired) electrons. The predicted octanol–water partition coefficient (Wildman–Crippen LogP) is 7.51. The van der Waals surface area contributed by atoms with E-state index in [1.807, 2.05) is 91.2 Å². The number of aliphatic hydroxyl groups excluding tert-OH is 3. The van der Waals surface area contributed by atoms with Crippen LogP contribution in [-0.2, 0) is 23.2 Å². The second-order valence-electron chi connectivity index (χ2n) is 17.3. The molecule has 0 unspecified atom stereocenters. The van der Waals surface area contributed by atoms with Gasteiger partial charge in [-0.3, -0.25) is 9.59 Å². The summed E-state index contributed by atoms with van der Waals surface area (Å²) in [5.74, 6) is -0.745. The minimum Gasteiger partial charge on any atom is -0.504 e. The zero-order chi connectivity index (χ0) is 43.9. The van der Waals surface area contributed by atoms with Crippen LogP contribution in [-0.4, -0.2) is 90.9 Å². The number of phenols is 1. The van der Waals surface area contributed by atoms with Gasteiger partial charge in [-0.25, -0.2) is 4.39 Å². The molecule has 11 nitrogen and oxygen atoms in total. The van der Waals surface area contributed by atoms with Crippen LogP contribution in [0.15, 0.2) is 109 Å². The normalized spacial score (nSPS) is 22.8. The van der Waals surface area contributed by atoms with Crippen molar-refractivity contribution in [3.05, 3.63) is 137 Å². The first-order valence-electron chi connectivity index (χ1n) is 21.4. The van der Waals surface area contributed by atoms with Gasteiger partial charge in [0.05, 0.1) is 29.9 Å². The van der Waals surface area contributed by atoms with E-state index in [0.717, 1.165) is 30.6 Å². The van der Waals surface area contributed by atoms with E-state index >= 15 is 0 Å². The van der Waals surface area contributed by atoms with Gasteiger partial charge in [-0.15, -0.1) is 0 Å². The number of para-hydroxylation sites is 1. The molecule has 0 saturated carbocycles. The number of halogens is 1. The van der Waals surface area contributed by atoms with Crippen molar-refractivity contribution in [2.24, 2.45) is 5.92 Å². The number of hydrogen-bond acceptors (Lipinski definition) is 8. The van der Waals surface area contributed by atoms with E-state index in [4.69, 9.17) is 9.84 Å². The Balaban J connectivity index is 0.000000207. The Hall–Kier alpha value is -5.79. The number of ether oxygens (including phenoxy) is 1. The van der Waals surface area contributed by atoms with Gasteiger partial charge >= 0.3 is 5.97 Å². The molecule has 9 rings (SSSR count). The Bertz CT molecular complexity index is 2450. The Labute approximate surface area is 360 Å². The molecule has 1 fully saturated rings. The lowest BCUT2D eigenvalue weighted by atomic mass is 9.53. The van der Waals surface area contributed by atoms with Crippen molar-refractivity contribution in [3.63, 3.8) is 0 Å². The second-order valence-corrected chi connectivity index (χ2v) is 17.3. The number of likely N-dealkylation sites (tertiary alicyclic amines) is 1. The number of rotatable bonds is 12. The Morgan fingerprint density at radius 1 is 0.919 bits per heavy atom. The number of amides is 1. The van der Waals surface area contributed by atoms with Crippen molar-refractivity contribution in [1.29, 1.82) is 0 Å². The van der Waals surface area contributed by atoms with Gasteiger partial charge in [0, 0.05) is 46.4 Å². The highest BCUT2D eigenvalue weighted by Gasteiger charge is 2.64. The minimum absolute atomic E-state index is 0.0939. The van der Waals surface area contributed by atoms with Gasteiger partial charge in [0.25, 0.3) is 5.91 Å². The van der Waals surface area contributed by atoms with E-state index in [1.165, 1.54) is 23.3 Å². The molecule has 324 valence electrons. The fraction of sp³-hybridized carbons (Fsp3) is 0.360. The number of carbonyl (C=O) groups excluding carboxylic acids is 1. The number of anilines is 1. The number of carboxylic acids is 1. The van der Waals surface area contributed by atoms with Crippen LogP contribution in [0.3, 0.4) is 0 Å². The largest absolute Gasteiger partial charge is 0.504 e. The van der Waals surface area contributed by atoms with Gasteiger partial charge in [0.15, 0.2) is 11.5 Å². The number of nitrogens with one attached hydrogen (secondary N) is 1. The minimum atomic E-state index is -1.18. The van der Waals surface area contributed by atoms with Crippen molar-refractivity contribution in [1.82, 2.24) is 9.47 Å². The van der Waals surface area contributed by atoms with Crippen molar-refractivity contribution in [2.75, 3.05) is 18.9 Å². The molecule has 7 atom stereocenters. The highest BCUT2D eigenvalue weighted by molar-refractivity contribution is 6.12. The number of likely N-dealkylation sites (N-methyl/N-ethyl adjacent to an activating group) is 1. The number of carbonyl (C=O) groups is 2. The number of aromatic nitrogens is 1. The monoisotopic (exact) mass is 843 g/mol. The molecule has 3 heterocycles. The molecule has 2 aliphatic carbocycles. The summed E-state index contributed by atoms with van der Waals surface area (Å²) in [5.41, 5.74) is 7.06. The number of aliphatic hydroxyl groups is 3. The Kier molecular flexibility index (Phi) is 12.1. The lowest BCUT2D eigenvalue weighted by Crippen LogP contribution is -2.64. The van der Waals surface area contributed by atoms with Gasteiger partial charge in [-0.2, -0.15) is 0 Å². The first-order chi connectivity index (χ1) is 29.8. The zero-order valence-electron chi connectivity index (χ0n) is 35.1. The lowest BCUT2D eigenvalue weighted by molar-refractivity contribution is -0.139. The van der Waals surface area contributed by atoms with E-state index in [-0.39, 0.29) is 54.3 Å². The summed E-state index contributed by atoms with van der Waals surface area (Å²) in [5, 5.41) is 53.4. The van der Waals surface area contributed by atoms with Gasteiger partial charge in [-0.05, 0) is 104 Å². The lowest BCUT2D eigenvalue weighted by Gasteiger charge is -2.56. The number of phenolic OH excluding ortho intramolecular Hbond substituents is 1. The molecular formula is C50H54FN3O8. The molecule has 6 N–H and O–H groups in total. The maximum Gasteiger partial charge on any atom is 0.305 e. The van der Waals surface area contributed by atoms with Crippen LogP contribution < -0.4 is 10.1 Å². The topological polar surface area (TPSA) is 165 Å². The van der Waals surface area contributed by atoms with Crippen molar-refractivity contribution < 1.29 is 44.2 Å². The number of hydrogen-bond donors (Lipinski definition) is 6. The summed E-state index contributed by atoms with van der Waals surface area (Å²) < 4.78 is 22.1. The van der Waals surface area contributed by atoms with Gasteiger partial charge in [-0.1, -0.05) is 80.6 Å². The molecule has 1 aromatic heterocycles. The summed E-state index contributed by atoms with van der Waals surface area (Å²) in [7, 11) is 2.19. The summed E-state index contributed by atoms with van der Waals surface area (Å²) >= 11 is 0. The van der Waals surface area contributed by atoms with Crippen LogP contribution in [0, 0.1) is 11.7 Å². The average Bonchev–Trinajstić information content (AvgIpc) is 3.79. The molecular weight excluding hydrogens is 790 g/mol. The number of piperidine rings is 1. The fourth-order valence-electron chi connectivity index (χ4n) is 10.4. The van der Waals surface area contributed by atoms with E-state index in [1.54, 1.807) is 18.2 Å². The highest BCUT2D eigenvalue weighted by Crippen LogP contribution is 2.62. The number of nitrogens with zero attached hydrogens (tertiary/aromatic N) is 2. The van der Waals surface area contributed by atoms with Crippen LogP contribution in [0.25, 0.3) is 22.4 Å². The van der Waals surface area contributed by atoms with Crippen LogP contribution in [0.1, 0.15) is 72.6 Å². The number of carboxylic acid groups (broad SMARTS) is 1. The predicted molar refractivity (Wildman–Crippen MR) is 235 cm³/mol. The first kappa shape index (κ1) is 42.9. The quantitative estimate of drug-likeness (QED) is 0.0698. The number of benzene rings is 4. The molecule has 12 heteroatoms. The molecule has 4 aromatic carbocycles. The van der Waals surface area contributed by atoms with E-state index < -0.39 is 30.7 Å². The van der Waals surface area contributed by atoms with E-state index in [0.29, 0.717) is 45.8 Å². The average molecular weight is 844 g/mol. The molecule has 2 aliphatic heterocycles. The fourth-order valence-corrected chi connectivity index (χ4v) is 10.4. The molecule has 1 saturated heterocycles. The van der Waals surface area contributed by atoms with Gasteiger partial charge < -0.3 is 45.1 Å². The second kappa shape index (κ2) is 17.5. The summed E-state index contributed by atoms with van der Waals surface area (Å²) in [6.07, 6.45) is 2.67. The Morgan fingerprint density at radius 3 is 2.29 bits per heavy atom. The maximum atomic E-state index is 14.0. The number of aromatic hydroxyl groups is 1. The Morgan fingerprint density at radius 2 is 1.61 bits per heavy atom. The van der Waals surface area contributed by atoms with Crippen LogP contribution >= 0.6 is 0 Å². The summed E-state index contributed by atoms with van der Waals surface area (Å²) in [6.45, 7) is 5.26. The maximum absolute atomic E-state index is 14.0. The molecule has 1 spiro atoms. The smallest absolute Gasteiger partial charge is 0.305 e. The van der Waals surface area contributed by atoms with Crippen LogP contribution in [0.2, 0.25) is 0 Å². The summed E-state index contributed by atoms with van der Waals surface area (Å²) in [4.78, 5) is 27.5. The molecule has 5 aromatic rings. The summed E-state index contributed by atoms with van der Waals surface area (Å²) in [6, 6.07) is 29.0. The van der Waals surface area contributed by atoms with Gasteiger partial charge in [0.2, 0.25) is 0 Å². The van der Waals surface area contributed by atoms with Crippen molar-refractivity contribution in [3.8, 4) is 33.9 Å². The third kappa shape index (κ3) is 7.92. The number of aliphatic carboxylic acids is 1. The van der Waals surface area contributed by atoms with Crippen LogP contribution in [0.4, 0.5) is 10.1 Å². The molecule has 2 bridgehead atoms. The van der Waals surface area contributed by atoms with Crippen molar-refractivity contribution >= 4 is 17.6 Å². The SMILES string of the molecule is CC(C)c1c(C(=O)Nc2ccccc2)c(-c2ccccc2)c(-c2ccc(F)cc2)n1CC[C@@H](O)C[C@@H](O)CC(=O)O.CN1CC[C@]23c4c5ccc(O)c4O[C@H]2[C@@H](O)C=C[C@H]3[C@H]1C5. The van der Waals surface area contributed by atoms with E-state index in [2.05, 4.69) is 23.3 Å². The first-order valence-corrected chi connectivity index (χ1v) is 21.4. The zero-order valence-corrected chi connectivity index (χ0v) is 35.1. The third-order valence-electron chi connectivity index (χ3n) is 13.1. The van der Waals surface area contributed by atoms with Crippen molar-refractivity contribution in [2.45, 2.75) is 94.3 Å². The standard InChI is InChI=1S/C33H35FN2O5.C17H19NO3/c1-21(2)31-30(33(41)35-25-11-7-4-8-12-25)29(22-9-5-3-6-10-22)32(23-13-15-24(34)16-14-23)36(31)18-17-26(37)19-27(38)20-28(39)40;1-18-7-6-17-10-3-5-13(20)16(17)21-15-12(19)4-2-9(14(15)17)8-11(10)18/h3-16,21,26-27,37-38H,17-20H2,1-2H3,(H,35,41)(H,39,40);2-5,10-11,13,16,19-20H,6-8H2,1H3/t26-,27-;10-,11+,13-,16-,17-/m10/s1. The van der Waals surface area contributed by atoms with E-state index in [9.17, 15) is 34.4 Å².